The van der Waals surface area contributed by atoms with Crippen molar-refractivity contribution in [1.82, 2.24) is 5.32 Å². The summed E-state index contributed by atoms with van der Waals surface area (Å²) >= 11 is 0. The maximum atomic E-state index is 14.2. The van der Waals surface area contributed by atoms with Crippen molar-refractivity contribution in [2.75, 3.05) is 19.7 Å². The zero-order valence-electron chi connectivity index (χ0n) is 29.6. The molecule has 0 spiro atoms. The van der Waals surface area contributed by atoms with Crippen LogP contribution in [0.15, 0.2) is 11.6 Å². The lowest BCUT2D eigenvalue weighted by atomic mass is 9.33. The number of nitrogens with one attached hydrogen (secondary N) is 1. The van der Waals surface area contributed by atoms with Gasteiger partial charge in [-0.05, 0) is 123 Å². The van der Waals surface area contributed by atoms with Gasteiger partial charge in [-0.25, -0.2) is 0 Å². The van der Waals surface area contributed by atoms with E-state index in [-0.39, 0.29) is 69.5 Å². The van der Waals surface area contributed by atoms with Crippen molar-refractivity contribution in [1.29, 1.82) is 0 Å². The molecule has 0 aromatic heterocycles. The van der Waals surface area contributed by atoms with Gasteiger partial charge in [-0.3, -0.25) is 14.4 Å². The van der Waals surface area contributed by atoms with Crippen LogP contribution < -0.4 is 11.1 Å². The number of esters is 2. The van der Waals surface area contributed by atoms with Gasteiger partial charge < -0.3 is 20.5 Å². The molecule has 4 saturated carbocycles. The summed E-state index contributed by atoms with van der Waals surface area (Å²) < 4.78 is 11.7. The van der Waals surface area contributed by atoms with Crippen LogP contribution >= 0.6 is 0 Å². The van der Waals surface area contributed by atoms with Crippen LogP contribution in [0.25, 0.3) is 0 Å². The number of amides is 1. The molecule has 45 heavy (non-hydrogen) atoms. The van der Waals surface area contributed by atoms with Crippen molar-refractivity contribution >= 4 is 17.8 Å². The second-order valence-corrected chi connectivity index (χ2v) is 17.5. The van der Waals surface area contributed by atoms with Gasteiger partial charge >= 0.3 is 11.9 Å². The largest absolute Gasteiger partial charge is 0.465 e. The molecule has 254 valence electrons. The molecule has 0 heterocycles. The van der Waals surface area contributed by atoms with Gasteiger partial charge in [0.1, 0.15) is 12.7 Å². The minimum absolute atomic E-state index is 0.0182. The third kappa shape index (κ3) is 5.49. The Morgan fingerprint density at radius 1 is 0.889 bits per heavy atom. The lowest BCUT2D eigenvalue weighted by Crippen LogP contribution is -2.66. The monoisotopic (exact) mass is 626 g/mol. The van der Waals surface area contributed by atoms with Gasteiger partial charge in [-0.2, -0.15) is 0 Å². The van der Waals surface area contributed by atoms with E-state index >= 15 is 0 Å². The first kappa shape index (κ1) is 34.4. The normalized spacial score (nSPS) is 43.4. The molecular formula is C38H62N2O5. The third-order valence-corrected chi connectivity index (χ3v) is 14.6. The lowest BCUT2D eigenvalue weighted by Gasteiger charge is -2.71. The minimum Gasteiger partial charge on any atom is -0.465 e. The number of unbranched alkanes of at least 4 members (excludes halogenated alkanes) is 1. The van der Waals surface area contributed by atoms with Gasteiger partial charge in [0.15, 0.2) is 0 Å². The Kier molecular flexibility index (Phi) is 9.16. The van der Waals surface area contributed by atoms with E-state index in [0.717, 1.165) is 77.0 Å². The summed E-state index contributed by atoms with van der Waals surface area (Å²) in [6, 6.07) is 0. The van der Waals surface area contributed by atoms with Crippen LogP contribution in [-0.4, -0.2) is 43.6 Å². The van der Waals surface area contributed by atoms with Gasteiger partial charge in [0.2, 0.25) is 5.91 Å². The standard InChI is InChI=1S/C38H62N2O5/c1-25(41)44-24-35(6)29-13-16-37(8)30(34(29,5)15-14-31(35)45-26(2)42)12-11-27-28-23-33(3,4)17-19-38(28,20-18-36(27,37)7)32(43)40-22-10-9-21-39/h11,28-31H,9-10,12-24,39H2,1-8H3,(H,40,43)/t28-,29+,30+,31-,34-,35-,36+,37+,38-/m0/s1. The number of nitrogens with two attached hydrogens (primary N) is 1. The Bertz CT molecular complexity index is 1210. The fourth-order valence-electron chi connectivity index (χ4n) is 11.9. The number of ether oxygens (including phenoxy) is 2. The molecule has 0 aliphatic heterocycles. The number of rotatable bonds is 8. The van der Waals surface area contributed by atoms with Crippen LogP contribution in [0.3, 0.4) is 0 Å². The summed E-state index contributed by atoms with van der Waals surface area (Å²) in [6.07, 6.45) is 14.2. The first-order chi connectivity index (χ1) is 21.0. The Morgan fingerprint density at radius 3 is 2.27 bits per heavy atom. The predicted octanol–water partition coefficient (Wildman–Crippen LogP) is 7.12. The van der Waals surface area contributed by atoms with Gasteiger partial charge in [0.25, 0.3) is 0 Å². The molecule has 3 N–H and O–H groups in total. The maximum absolute atomic E-state index is 14.2. The van der Waals surface area contributed by atoms with Crippen LogP contribution in [-0.2, 0) is 23.9 Å². The molecule has 1 amide bonds. The predicted molar refractivity (Wildman–Crippen MR) is 177 cm³/mol. The quantitative estimate of drug-likeness (QED) is 0.169. The molecule has 5 aliphatic carbocycles. The zero-order valence-corrected chi connectivity index (χ0v) is 29.6. The number of allylic oxidation sites excluding steroid dienone is 2. The molecular weight excluding hydrogens is 564 g/mol. The Morgan fingerprint density at radius 2 is 1.60 bits per heavy atom. The van der Waals surface area contributed by atoms with E-state index in [9.17, 15) is 14.4 Å². The topological polar surface area (TPSA) is 108 Å². The highest BCUT2D eigenvalue weighted by molar-refractivity contribution is 5.84. The van der Waals surface area contributed by atoms with Gasteiger partial charge in [-0.15, -0.1) is 0 Å². The number of fused-ring (bicyclic) bond motifs is 7. The van der Waals surface area contributed by atoms with E-state index < -0.39 is 5.41 Å². The highest BCUT2D eigenvalue weighted by Gasteiger charge is 2.70. The molecule has 0 aromatic rings. The van der Waals surface area contributed by atoms with Crippen LogP contribution in [0.2, 0.25) is 0 Å². The first-order valence-corrected chi connectivity index (χ1v) is 18.0. The summed E-state index contributed by atoms with van der Waals surface area (Å²) in [6.45, 7) is 19.2. The van der Waals surface area contributed by atoms with E-state index in [1.807, 2.05) is 0 Å². The SMILES string of the molecule is CC(=O)OC[C@@]1(C)[C@@H]2CC[C@]3(C)[C@H](CC=C4[C@@H]5CC(C)(C)CC[C@]5(C(=O)NCCCCN)CC[C@]43C)[C@@]2(C)CC[C@@H]1OC(C)=O. The van der Waals surface area contributed by atoms with Gasteiger partial charge in [0, 0.05) is 25.8 Å². The molecule has 4 fully saturated rings. The zero-order chi connectivity index (χ0) is 33.1. The van der Waals surface area contributed by atoms with Crippen LogP contribution in [0.1, 0.15) is 132 Å². The smallest absolute Gasteiger partial charge is 0.302 e. The molecule has 0 saturated heterocycles. The summed E-state index contributed by atoms with van der Waals surface area (Å²) in [5.74, 6) is 0.729. The highest BCUT2D eigenvalue weighted by atomic mass is 16.6. The summed E-state index contributed by atoms with van der Waals surface area (Å²) in [4.78, 5) is 38.4. The maximum Gasteiger partial charge on any atom is 0.302 e. The first-order valence-electron chi connectivity index (χ1n) is 18.0. The van der Waals surface area contributed by atoms with Crippen molar-refractivity contribution in [3.63, 3.8) is 0 Å². The molecule has 9 atom stereocenters. The summed E-state index contributed by atoms with van der Waals surface area (Å²) in [5, 5.41) is 3.37. The average Bonchev–Trinajstić information content (AvgIpc) is 2.96. The lowest BCUT2D eigenvalue weighted by molar-refractivity contribution is -0.226. The fraction of sp³-hybridized carbons (Fsp3) is 0.868. The van der Waals surface area contributed by atoms with E-state index in [0.29, 0.717) is 19.0 Å². The summed E-state index contributed by atoms with van der Waals surface area (Å²) in [7, 11) is 0. The number of hydrogen-bond donors (Lipinski definition) is 2. The molecule has 0 aromatic carbocycles. The molecule has 0 radical (unpaired) electrons. The van der Waals surface area contributed by atoms with Gasteiger partial charge in [-0.1, -0.05) is 53.2 Å². The Hall–Kier alpha value is -1.89. The molecule has 5 rings (SSSR count). The van der Waals surface area contributed by atoms with Crippen LogP contribution in [0.5, 0.6) is 0 Å². The van der Waals surface area contributed by atoms with E-state index in [2.05, 4.69) is 52.9 Å². The van der Waals surface area contributed by atoms with E-state index in [1.165, 1.54) is 13.8 Å². The number of carbonyl (C=O) groups is 3. The molecule has 7 nitrogen and oxygen atoms in total. The van der Waals surface area contributed by atoms with Crippen LogP contribution in [0.4, 0.5) is 0 Å². The summed E-state index contributed by atoms with van der Waals surface area (Å²) in [5.41, 5.74) is 6.88. The highest BCUT2D eigenvalue weighted by Crippen LogP contribution is 2.76. The Labute approximate surface area is 272 Å². The molecule has 0 bridgehead atoms. The Balaban J connectivity index is 1.51. The molecule has 7 heteroatoms. The van der Waals surface area contributed by atoms with Crippen LogP contribution in [0, 0.1) is 50.2 Å². The molecule has 5 aliphatic rings. The van der Waals surface area contributed by atoms with E-state index in [1.54, 1.807) is 5.57 Å². The minimum atomic E-state index is -0.437. The van der Waals surface area contributed by atoms with Crippen molar-refractivity contribution in [3.8, 4) is 0 Å². The van der Waals surface area contributed by atoms with Crippen molar-refractivity contribution in [3.05, 3.63) is 11.6 Å². The fourth-order valence-corrected chi connectivity index (χ4v) is 11.9. The van der Waals surface area contributed by atoms with E-state index in [4.69, 9.17) is 15.2 Å². The van der Waals surface area contributed by atoms with Gasteiger partial charge in [0.05, 0.1) is 5.41 Å². The number of carbonyl (C=O) groups excluding carboxylic acids is 3. The van der Waals surface area contributed by atoms with Crippen molar-refractivity contribution < 1.29 is 23.9 Å². The average molecular weight is 627 g/mol. The third-order valence-electron chi connectivity index (χ3n) is 14.6. The number of hydrogen-bond acceptors (Lipinski definition) is 6. The second-order valence-electron chi connectivity index (χ2n) is 17.5. The van der Waals surface area contributed by atoms with Crippen molar-refractivity contribution in [2.24, 2.45) is 56.0 Å². The second kappa shape index (κ2) is 12.0. The molecule has 0 unspecified atom stereocenters. The van der Waals surface area contributed by atoms with Crippen molar-refractivity contribution in [2.45, 2.75) is 139 Å².